The van der Waals surface area contributed by atoms with Crippen molar-refractivity contribution in [2.24, 2.45) is 0 Å². The quantitative estimate of drug-likeness (QED) is 0.851. The summed E-state index contributed by atoms with van der Waals surface area (Å²) in [4.78, 5) is 11.2. The van der Waals surface area contributed by atoms with Crippen molar-refractivity contribution in [3.05, 3.63) is 28.3 Å². The molecule has 1 N–H and O–H groups in total. The summed E-state index contributed by atoms with van der Waals surface area (Å²) in [6.45, 7) is 11.7. The molecule has 0 saturated heterocycles. The number of ketones is 1. The van der Waals surface area contributed by atoms with E-state index in [0.29, 0.717) is 12.2 Å². The Hall–Kier alpha value is -1.31. The molecule has 0 aliphatic carbocycles. The molecule has 17 heavy (non-hydrogen) atoms. The molecule has 0 saturated carbocycles. The molecule has 0 aliphatic rings. The van der Waals surface area contributed by atoms with Gasteiger partial charge in [-0.05, 0) is 48.4 Å². The maximum Gasteiger partial charge on any atom is 0.134 e. The summed E-state index contributed by atoms with van der Waals surface area (Å²) in [6.07, 6.45) is 0.398. The molecule has 0 heterocycles. The van der Waals surface area contributed by atoms with E-state index in [9.17, 15) is 9.90 Å². The number of aryl methyl sites for hydroxylation is 1. The zero-order valence-corrected chi connectivity index (χ0v) is 11.6. The van der Waals surface area contributed by atoms with Crippen LogP contribution in [-0.2, 0) is 16.6 Å². The van der Waals surface area contributed by atoms with Crippen LogP contribution in [0.15, 0.2) is 6.07 Å². The van der Waals surface area contributed by atoms with Gasteiger partial charge in [-0.2, -0.15) is 0 Å². The first-order valence-corrected chi connectivity index (χ1v) is 5.96. The lowest BCUT2D eigenvalue weighted by Crippen LogP contribution is -2.14. The lowest BCUT2D eigenvalue weighted by Gasteiger charge is -2.24. The highest BCUT2D eigenvalue weighted by Gasteiger charge is 2.22. The number of phenols is 1. The first-order valence-electron chi connectivity index (χ1n) is 5.96. The molecule has 0 aliphatic heterocycles. The fraction of sp³-hybridized carbons (Fsp3) is 0.533. The van der Waals surface area contributed by atoms with E-state index in [-0.39, 0.29) is 11.2 Å². The zero-order valence-electron chi connectivity index (χ0n) is 11.6. The minimum atomic E-state index is -0.0889. The Bertz CT molecular complexity index is 451. The summed E-state index contributed by atoms with van der Waals surface area (Å²) in [5, 5.41) is 10.2. The second-order valence-corrected chi connectivity index (χ2v) is 5.82. The normalized spacial score (nSPS) is 11.6. The van der Waals surface area contributed by atoms with E-state index in [1.165, 1.54) is 0 Å². The van der Waals surface area contributed by atoms with Gasteiger partial charge in [-0.25, -0.2) is 0 Å². The number of hydrogen-bond acceptors (Lipinski definition) is 2. The number of carbonyl (C=O) groups is 1. The Labute approximate surface area is 104 Å². The Morgan fingerprint density at radius 2 is 1.82 bits per heavy atom. The molecule has 0 spiro atoms. The topological polar surface area (TPSA) is 37.3 Å². The number of phenolic OH excluding ortho intramolecular Hbond substituents is 1. The zero-order chi connectivity index (χ0) is 13.4. The van der Waals surface area contributed by atoms with E-state index in [2.05, 4.69) is 20.8 Å². The van der Waals surface area contributed by atoms with Crippen molar-refractivity contribution >= 4 is 5.78 Å². The number of Topliss-reactive ketones (excluding diaryl/α,β-unsaturated/α-hetero) is 1. The van der Waals surface area contributed by atoms with Gasteiger partial charge in [0, 0.05) is 6.42 Å². The average molecular weight is 234 g/mol. The second kappa shape index (κ2) is 4.52. The van der Waals surface area contributed by atoms with Crippen LogP contribution in [0, 0.1) is 13.8 Å². The van der Waals surface area contributed by atoms with E-state index in [1.54, 1.807) is 6.92 Å². The molecule has 1 rings (SSSR count). The van der Waals surface area contributed by atoms with Gasteiger partial charge in [0.25, 0.3) is 0 Å². The SMILES string of the molecule is CC(=O)Cc1c(C)cc(C(C)(C)C)c(O)c1C. The molecule has 1 aromatic rings. The molecular formula is C15H22O2. The van der Waals surface area contributed by atoms with E-state index >= 15 is 0 Å². The molecule has 0 bridgehead atoms. The summed E-state index contributed by atoms with van der Waals surface area (Å²) < 4.78 is 0. The van der Waals surface area contributed by atoms with Crippen LogP contribution >= 0.6 is 0 Å². The van der Waals surface area contributed by atoms with Crippen molar-refractivity contribution in [1.82, 2.24) is 0 Å². The number of carbonyl (C=O) groups excluding carboxylic acids is 1. The van der Waals surface area contributed by atoms with Gasteiger partial charge in [0.15, 0.2) is 0 Å². The summed E-state index contributed by atoms with van der Waals surface area (Å²) in [7, 11) is 0. The fourth-order valence-electron chi connectivity index (χ4n) is 2.11. The van der Waals surface area contributed by atoms with Crippen LogP contribution in [-0.4, -0.2) is 10.9 Å². The molecule has 0 atom stereocenters. The number of hydrogen-bond donors (Lipinski definition) is 1. The van der Waals surface area contributed by atoms with Crippen LogP contribution in [0.25, 0.3) is 0 Å². The van der Waals surface area contributed by atoms with Crippen molar-refractivity contribution < 1.29 is 9.90 Å². The van der Waals surface area contributed by atoms with E-state index in [4.69, 9.17) is 0 Å². The van der Waals surface area contributed by atoms with Gasteiger partial charge in [-0.3, -0.25) is 4.79 Å². The molecule has 0 radical (unpaired) electrons. The maximum absolute atomic E-state index is 11.2. The van der Waals surface area contributed by atoms with Gasteiger partial charge in [-0.1, -0.05) is 26.8 Å². The highest BCUT2D eigenvalue weighted by Crippen LogP contribution is 2.36. The molecule has 2 nitrogen and oxygen atoms in total. The molecule has 2 heteroatoms. The van der Waals surface area contributed by atoms with E-state index in [1.807, 2.05) is 19.9 Å². The molecular weight excluding hydrogens is 212 g/mol. The number of aromatic hydroxyl groups is 1. The van der Waals surface area contributed by atoms with E-state index < -0.39 is 0 Å². The van der Waals surface area contributed by atoms with Crippen LogP contribution in [0.3, 0.4) is 0 Å². The molecule has 1 aromatic carbocycles. The van der Waals surface area contributed by atoms with Gasteiger partial charge in [0.1, 0.15) is 11.5 Å². The molecule has 0 amide bonds. The largest absolute Gasteiger partial charge is 0.507 e. The van der Waals surface area contributed by atoms with Crippen molar-refractivity contribution in [2.75, 3.05) is 0 Å². The second-order valence-electron chi connectivity index (χ2n) is 5.82. The van der Waals surface area contributed by atoms with Crippen LogP contribution in [0.5, 0.6) is 5.75 Å². The van der Waals surface area contributed by atoms with Crippen molar-refractivity contribution in [3.63, 3.8) is 0 Å². The molecule has 0 aromatic heterocycles. The highest BCUT2D eigenvalue weighted by atomic mass is 16.3. The predicted octanol–water partition coefficient (Wildman–Crippen LogP) is 3.44. The third-order valence-electron chi connectivity index (χ3n) is 3.13. The van der Waals surface area contributed by atoms with Gasteiger partial charge in [0.05, 0.1) is 0 Å². The Morgan fingerprint density at radius 3 is 2.24 bits per heavy atom. The third kappa shape index (κ3) is 2.87. The van der Waals surface area contributed by atoms with Crippen LogP contribution in [0.2, 0.25) is 0 Å². The highest BCUT2D eigenvalue weighted by molar-refractivity contribution is 5.79. The summed E-state index contributed by atoms with van der Waals surface area (Å²) >= 11 is 0. The van der Waals surface area contributed by atoms with Crippen LogP contribution in [0.1, 0.15) is 49.9 Å². The average Bonchev–Trinajstić information content (AvgIpc) is 2.16. The summed E-state index contributed by atoms with van der Waals surface area (Å²) in [5.41, 5.74) is 3.74. The number of rotatable bonds is 2. The third-order valence-corrected chi connectivity index (χ3v) is 3.13. The van der Waals surface area contributed by atoms with Crippen molar-refractivity contribution in [3.8, 4) is 5.75 Å². The van der Waals surface area contributed by atoms with Gasteiger partial charge < -0.3 is 5.11 Å². The maximum atomic E-state index is 11.2. The summed E-state index contributed by atoms with van der Waals surface area (Å²) in [5.74, 6) is 0.457. The van der Waals surface area contributed by atoms with Crippen molar-refractivity contribution in [1.29, 1.82) is 0 Å². The van der Waals surface area contributed by atoms with Gasteiger partial charge in [0.2, 0.25) is 0 Å². The summed E-state index contributed by atoms with van der Waals surface area (Å²) in [6, 6.07) is 2.00. The Morgan fingerprint density at radius 1 is 1.29 bits per heavy atom. The van der Waals surface area contributed by atoms with Gasteiger partial charge >= 0.3 is 0 Å². The molecule has 0 unspecified atom stereocenters. The number of benzene rings is 1. The van der Waals surface area contributed by atoms with Crippen molar-refractivity contribution in [2.45, 2.75) is 53.4 Å². The Balaban J connectivity index is 3.42. The molecule has 94 valence electrons. The first-order chi connectivity index (χ1) is 7.64. The first kappa shape index (κ1) is 13.8. The smallest absolute Gasteiger partial charge is 0.134 e. The Kier molecular flexibility index (Phi) is 3.65. The lowest BCUT2D eigenvalue weighted by atomic mass is 9.82. The minimum absolute atomic E-state index is 0.0889. The predicted molar refractivity (Wildman–Crippen MR) is 70.7 cm³/mol. The minimum Gasteiger partial charge on any atom is -0.507 e. The fourth-order valence-corrected chi connectivity index (χ4v) is 2.11. The van der Waals surface area contributed by atoms with Crippen LogP contribution in [0.4, 0.5) is 0 Å². The lowest BCUT2D eigenvalue weighted by molar-refractivity contribution is -0.116. The molecule has 0 fully saturated rings. The van der Waals surface area contributed by atoms with Gasteiger partial charge in [-0.15, -0.1) is 0 Å². The standard InChI is InChI=1S/C15H22O2/c1-9-7-13(15(4,5)6)14(17)11(3)12(9)8-10(2)16/h7,17H,8H2,1-6H3. The monoisotopic (exact) mass is 234 g/mol. The van der Waals surface area contributed by atoms with Crippen LogP contribution < -0.4 is 0 Å². The van der Waals surface area contributed by atoms with E-state index in [0.717, 1.165) is 22.3 Å².